The summed E-state index contributed by atoms with van der Waals surface area (Å²) in [5, 5.41) is 3.63. The summed E-state index contributed by atoms with van der Waals surface area (Å²) in [5.74, 6) is 0.946. The molecule has 2 nitrogen and oxygen atoms in total. The van der Waals surface area contributed by atoms with E-state index in [0.29, 0.717) is 5.41 Å². The molecule has 17 heavy (non-hydrogen) atoms. The van der Waals surface area contributed by atoms with Crippen LogP contribution in [-0.2, 0) is 0 Å². The molecule has 1 N–H and O–H groups in total. The molecule has 1 saturated heterocycles. The van der Waals surface area contributed by atoms with Gasteiger partial charge in [0.25, 0.3) is 0 Å². The summed E-state index contributed by atoms with van der Waals surface area (Å²) in [6.07, 6.45) is 2.75. The minimum absolute atomic E-state index is 0.230. The molecule has 0 aromatic heterocycles. The van der Waals surface area contributed by atoms with E-state index in [2.05, 4.69) is 51.8 Å². The lowest BCUT2D eigenvalue weighted by Gasteiger charge is -2.33. The number of hydrogen-bond donors (Lipinski definition) is 1. The van der Waals surface area contributed by atoms with E-state index >= 15 is 0 Å². The Balaban J connectivity index is 2.34. The first kappa shape index (κ1) is 15.0. The number of nitrogens with one attached hydrogen (secondary N) is 1. The highest BCUT2D eigenvalue weighted by atomic mass is 15.2. The summed E-state index contributed by atoms with van der Waals surface area (Å²) in [6.45, 7) is 18.8. The molecule has 2 heteroatoms. The molecule has 1 atom stereocenters. The van der Waals surface area contributed by atoms with Crippen LogP contribution < -0.4 is 5.32 Å². The fourth-order valence-corrected chi connectivity index (χ4v) is 2.56. The van der Waals surface area contributed by atoms with Crippen LogP contribution in [0.2, 0.25) is 0 Å². The quantitative estimate of drug-likeness (QED) is 0.794. The average Bonchev–Trinajstić information content (AvgIpc) is 2.61. The zero-order chi connectivity index (χ0) is 13.1. The molecule has 0 aromatic carbocycles. The largest absolute Gasteiger partial charge is 0.311 e. The van der Waals surface area contributed by atoms with E-state index in [9.17, 15) is 0 Å². The summed E-state index contributed by atoms with van der Waals surface area (Å²) in [4.78, 5) is 2.65. The van der Waals surface area contributed by atoms with Crippen molar-refractivity contribution in [2.45, 2.75) is 59.9 Å². The van der Waals surface area contributed by atoms with Gasteiger partial charge in [-0.2, -0.15) is 0 Å². The molecule has 0 spiro atoms. The fourth-order valence-electron chi connectivity index (χ4n) is 2.56. The Morgan fingerprint density at radius 2 is 1.82 bits per heavy atom. The van der Waals surface area contributed by atoms with Gasteiger partial charge in [0.05, 0.1) is 0 Å². The minimum atomic E-state index is 0.230. The topological polar surface area (TPSA) is 15.3 Å². The summed E-state index contributed by atoms with van der Waals surface area (Å²) >= 11 is 0. The monoisotopic (exact) mass is 240 g/mol. The van der Waals surface area contributed by atoms with Gasteiger partial charge in [0.2, 0.25) is 0 Å². The van der Waals surface area contributed by atoms with Gasteiger partial charge < -0.3 is 10.2 Å². The third-order valence-electron chi connectivity index (χ3n) is 3.70. The maximum atomic E-state index is 3.63. The van der Waals surface area contributed by atoms with Gasteiger partial charge in [0, 0.05) is 25.2 Å². The molecule has 1 unspecified atom stereocenters. The van der Waals surface area contributed by atoms with E-state index in [1.54, 1.807) is 0 Å². The average molecular weight is 240 g/mol. The molecule has 0 amide bonds. The van der Waals surface area contributed by atoms with Crippen molar-refractivity contribution in [2.24, 2.45) is 11.3 Å². The molecule has 1 heterocycles. The first-order valence-electron chi connectivity index (χ1n) is 7.19. The molecule has 1 aliphatic rings. The molecule has 0 saturated carbocycles. The summed E-state index contributed by atoms with van der Waals surface area (Å²) in [5.41, 5.74) is 0.601. The molecular weight excluding hydrogens is 208 g/mol. The summed E-state index contributed by atoms with van der Waals surface area (Å²) < 4.78 is 0. The molecule has 0 bridgehead atoms. The highest BCUT2D eigenvalue weighted by molar-refractivity contribution is 4.84. The first-order chi connectivity index (χ1) is 7.72. The normalized spacial score (nSPS) is 23.3. The van der Waals surface area contributed by atoms with Crippen molar-refractivity contribution in [2.75, 3.05) is 26.2 Å². The van der Waals surface area contributed by atoms with Gasteiger partial charge >= 0.3 is 0 Å². The number of likely N-dealkylation sites (tertiary alicyclic amines) is 1. The lowest BCUT2D eigenvalue weighted by atomic mass is 9.91. The van der Waals surface area contributed by atoms with Crippen LogP contribution in [0.3, 0.4) is 0 Å². The van der Waals surface area contributed by atoms with Crippen LogP contribution in [-0.4, -0.2) is 36.6 Å². The predicted octanol–water partition coefficient (Wildman–Crippen LogP) is 3.13. The third kappa shape index (κ3) is 5.87. The molecule has 0 aromatic rings. The molecule has 1 fully saturated rings. The van der Waals surface area contributed by atoms with Crippen LogP contribution in [0.5, 0.6) is 0 Å². The second-order valence-corrected chi connectivity index (χ2v) is 7.57. The van der Waals surface area contributed by atoms with Crippen LogP contribution in [0.15, 0.2) is 0 Å². The number of rotatable bonds is 5. The zero-order valence-corrected chi connectivity index (χ0v) is 12.8. The van der Waals surface area contributed by atoms with E-state index < -0.39 is 0 Å². The van der Waals surface area contributed by atoms with Gasteiger partial charge in [-0.1, -0.05) is 27.2 Å². The Kier molecular flexibility index (Phi) is 5.03. The highest BCUT2D eigenvalue weighted by Crippen LogP contribution is 2.24. The molecule has 102 valence electrons. The van der Waals surface area contributed by atoms with Crippen molar-refractivity contribution in [3.05, 3.63) is 0 Å². The number of nitrogens with zero attached hydrogens (tertiary/aromatic N) is 1. The van der Waals surface area contributed by atoms with Crippen LogP contribution in [0.4, 0.5) is 0 Å². The van der Waals surface area contributed by atoms with E-state index in [1.807, 2.05) is 0 Å². The Hall–Kier alpha value is -0.0800. The van der Waals surface area contributed by atoms with Gasteiger partial charge in [-0.05, 0) is 45.1 Å². The predicted molar refractivity (Wildman–Crippen MR) is 76.4 cm³/mol. The Morgan fingerprint density at radius 3 is 2.29 bits per heavy atom. The standard InChI is InChI=1S/C15H32N2/c1-7-13-8-9-17(10-13)12-15(5,6)11-16-14(2,3)4/h13,16H,7-12H2,1-6H3. The van der Waals surface area contributed by atoms with Crippen LogP contribution in [0.25, 0.3) is 0 Å². The van der Waals surface area contributed by atoms with E-state index in [-0.39, 0.29) is 5.54 Å². The van der Waals surface area contributed by atoms with Crippen molar-refractivity contribution in [1.82, 2.24) is 10.2 Å². The van der Waals surface area contributed by atoms with Crippen molar-refractivity contribution in [3.8, 4) is 0 Å². The van der Waals surface area contributed by atoms with Gasteiger partial charge in [-0.25, -0.2) is 0 Å². The van der Waals surface area contributed by atoms with E-state index in [0.717, 1.165) is 12.5 Å². The van der Waals surface area contributed by atoms with Gasteiger partial charge in [-0.3, -0.25) is 0 Å². The second kappa shape index (κ2) is 5.71. The van der Waals surface area contributed by atoms with E-state index in [1.165, 1.54) is 32.5 Å². The molecule has 1 rings (SSSR count). The van der Waals surface area contributed by atoms with Crippen molar-refractivity contribution < 1.29 is 0 Å². The SMILES string of the molecule is CCC1CCN(CC(C)(C)CNC(C)(C)C)C1. The lowest BCUT2D eigenvalue weighted by molar-refractivity contribution is 0.186. The maximum absolute atomic E-state index is 3.63. The first-order valence-corrected chi connectivity index (χ1v) is 7.19. The Bertz CT molecular complexity index is 228. The van der Waals surface area contributed by atoms with Crippen molar-refractivity contribution in [3.63, 3.8) is 0 Å². The highest BCUT2D eigenvalue weighted by Gasteiger charge is 2.28. The Labute approximate surface area is 108 Å². The van der Waals surface area contributed by atoms with Crippen LogP contribution in [0.1, 0.15) is 54.4 Å². The third-order valence-corrected chi connectivity index (χ3v) is 3.70. The van der Waals surface area contributed by atoms with Crippen molar-refractivity contribution >= 4 is 0 Å². The van der Waals surface area contributed by atoms with Gasteiger partial charge in [0.1, 0.15) is 0 Å². The molecule has 0 aliphatic carbocycles. The lowest BCUT2D eigenvalue weighted by Crippen LogP contribution is -2.46. The fraction of sp³-hybridized carbons (Fsp3) is 1.00. The summed E-state index contributed by atoms with van der Waals surface area (Å²) in [6, 6.07) is 0. The smallest absolute Gasteiger partial charge is 0.00967 e. The minimum Gasteiger partial charge on any atom is -0.311 e. The van der Waals surface area contributed by atoms with Crippen molar-refractivity contribution in [1.29, 1.82) is 0 Å². The van der Waals surface area contributed by atoms with Gasteiger partial charge in [-0.15, -0.1) is 0 Å². The van der Waals surface area contributed by atoms with Crippen LogP contribution >= 0.6 is 0 Å². The molecular formula is C15H32N2. The van der Waals surface area contributed by atoms with E-state index in [4.69, 9.17) is 0 Å². The maximum Gasteiger partial charge on any atom is 0.00967 e. The molecule has 0 radical (unpaired) electrons. The zero-order valence-electron chi connectivity index (χ0n) is 12.8. The Morgan fingerprint density at radius 1 is 1.18 bits per heavy atom. The number of hydrogen-bond acceptors (Lipinski definition) is 2. The molecule has 1 aliphatic heterocycles. The van der Waals surface area contributed by atoms with Gasteiger partial charge in [0.15, 0.2) is 0 Å². The second-order valence-electron chi connectivity index (χ2n) is 7.57. The summed E-state index contributed by atoms with van der Waals surface area (Å²) in [7, 11) is 0. The van der Waals surface area contributed by atoms with Crippen LogP contribution in [0, 0.1) is 11.3 Å².